The van der Waals surface area contributed by atoms with Crippen molar-refractivity contribution in [1.82, 2.24) is 10.2 Å². The third kappa shape index (κ3) is 5.32. The molecule has 5 nitrogen and oxygen atoms in total. The van der Waals surface area contributed by atoms with Crippen LogP contribution in [0.4, 0.5) is 10.5 Å². The lowest BCUT2D eigenvalue weighted by Crippen LogP contribution is -2.41. The first-order valence-corrected chi connectivity index (χ1v) is 10.4. The molecule has 1 aliphatic heterocycles. The molecule has 2 N–H and O–H groups in total. The monoisotopic (exact) mass is 385 g/mol. The lowest BCUT2D eigenvalue weighted by molar-refractivity contribution is 0.0953. The van der Waals surface area contributed by atoms with Crippen LogP contribution >= 0.6 is 11.3 Å². The number of likely N-dealkylation sites (tertiary alicyclic amines) is 1. The highest BCUT2D eigenvalue weighted by molar-refractivity contribution is 7.12. The second-order valence-corrected chi connectivity index (χ2v) is 8.12. The number of thiophene rings is 1. The number of nitrogens with zero attached hydrogens (tertiary/aromatic N) is 1. The van der Waals surface area contributed by atoms with Crippen molar-refractivity contribution in [1.29, 1.82) is 0 Å². The Hall–Kier alpha value is -2.34. The summed E-state index contributed by atoms with van der Waals surface area (Å²) in [5, 5.41) is 7.95. The van der Waals surface area contributed by atoms with E-state index in [0.717, 1.165) is 54.0 Å². The van der Waals surface area contributed by atoms with E-state index in [9.17, 15) is 9.59 Å². The molecule has 144 valence electrons. The molecule has 1 aromatic heterocycles. The number of nitrogens with one attached hydrogen (secondary N) is 2. The highest BCUT2D eigenvalue weighted by Crippen LogP contribution is 2.21. The van der Waals surface area contributed by atoms with Crippen LogP contribution in [0, 0.1) is 19.8 Å². The summed E-state index contributed by atoms with van der Waals surface area (Å²) in [4.78, 5) is 27.2. The Labute approximate surface area is 164 Å². The zero-order chi connectivity index (χ0) is 19.2. The number of amides is 3. The molecule has 0 unspecified atom stereocenters. The van der Waals surface area contributed by atoms with Crippen LogP contribution < -0.4 is 10.6 Å². The standard InChI is InChI=1S/C21H27N3O2S/c1-15-4-3-5-18(14-15)23-21(26)24-11-7-17(8-12-24)6-10-22-20(25)19-16(2)9-13-27-19/h3-5,9,13-14,17H,6-8,10-12H2,1-2H3,(H,22,25)(H,23,26). The second-order valence-electron chi connectivity index (χ2n) is 7.21. The van der Waals surface area contributed by atoms with Crippen molar-refractivity contribution in [3.8, 4) is 0 Å². The summed E-state index contributed by atoms with van der Waals surface area (Å²) >= 11 is 1.49. The average Bonchev–Trinajstić information content (AvgIpc) is 3.08. The van der Waals surface area contributed by atoms with E-state index < -0.39 is 0 Å². The number of piperidine rings is 1. The molecule has 0 bridgehead atoms. The zero-order valence-electron chi connectivity index (χ0n) is 16.0. The summed E-state index contributed by atoms with van der Waals surface area (Å²) in [5.74, 6) is 0.579. The lowest BCUT2D eigenvalue weighted by atomic mass is 9.93. The molecular formula is C21H27N3O2S. The number of hydrogen-bond donors (Lipinski definition) is 2. The minimum Gasteiger partial charge on any atom is -0.351 e. The number of hydrogen-bond acceptors (Lipinski definition) is 3. The van der Waals surface area contributed by atoms with Crippen molar-refractivity contribution in [2.24, 2.45) is 5.92 Å². The molecule has 3 rings (SSSR count). The molecule has 1 saturated heterocycles. The molecular weight excluding hydrogens is 358 g/mol. The third-order valence-corrected chi connectivity index (χ3v) is 6.09. The maximum absolute atomic E-state index is 12.4. The van der Waals surface area contributed by atoms with Gasteiger partial charge in [0.05, 0.1) is 4.88 Å². The topological polar surface area (TPSA) is 61.4 Å². The Morgan fingerprint density at radius 3 is 2.63 bits per heavy atom. The van der Waals surface area contributed by atoms with Gasteiger partial charge in [0.15, 0.2) is 0 Å². The molecule has 2 heterocycles. The van der Waals surface area contributed by atoms with Crippen molar-refractivity contribution >= 4 is 29.0 Å². The molecule has 2 aromatic rings. The smallest absolute Gasteiger partial charge is 0.321 e. The van der Waals surface area contributed by atoms with Crippen LogP contribution in [0.5, 0.6) is 0 Å². The number of carbonyl (C=O) groups is 2. The van der Waals surface area contributed by atoms with Gasteiger partial charge in [-0.15, -0.1) is 11.3 Å². The Morgan fingerprint density at radius 2 is 1.96 bits per heavy atom. The summed E-state index contributed by atoms with van der Waals surface area (Å²) in [6.07, 6.45) is 2.92. The summed E-state index contributed by atoms with van der Waals surface area (Å²) in [5.41, 5.74) is 3.01. The van der Waals surface area contributed by atoms with Crippen LogP contribution in [0.1, 0.15) is 40.1 Å². The Kier molecular flexibility index (Phi) is 6.50. The number of rotatable bonds is 5. The first-order chi connectivity index (χ1) is 13.0. The molecule has 1 aliphatic rings. The Bertz CT molecular complexity index is 794. The van der Waals surface area contributed by atoms with Gasteiger partial charge in [-0.05, 0) is 73.7 Å². The molecule has 0 saturated carbocycles. The minimum atomic E-state index is -0.0273. The van der Waals surface area contributed by atoms with E-state index in [1.807, 2.05) is 54.5 Å². The highest BCUT2D eigenvalue weighted by atomic mass is 32.1. The highest BCUT2D eigenvalue weighted by Gasteiger charge is 2.23. The molecule has 27 heavy (non-hydrogen) atoms. The maximum Gasteiger partial charge on any atom is 0.321 e. The van der Waals surface area contributed by atoms with Crippen molar-refractivity contribution < 1.29 is 9.59 Å². The zero-order valence-corrected chi connectivity index (χ0v) is 16.8. The van der Waals surface area contributed by atoms with Crippen LogP contribution in [0.2, 0.25) is 0 Å². The fourth-order valence-corrected chi connectivity index (χ4v) is 4.27. The SMILES string of the molecule is Cc1cccc(NC(=O)N2CCC(CCNC(=O)c3sccc3C)CC2)c1. The van der Waals surface area contributed by atoms with Crippen molar-refractivity contribution in [3.05, 3.63) is 51.7 Å². The summed E-state index contributed by atoms with van der Waals surface area (Å²) in [7, 11) is 0. The molecule has 1 aromatic carbocycles. The van der Waals surface area contributed by atoms with Gasteiger partial charge in [-0.2, -0.15) is 0 Å². The average molecular weight is 386 g/mol. The summed E-state index contributed by atoms with van der Waals surface area (Å²) in [6, 6.07) is 9.79. The van der Waals surface area contributed by atoms with Gasteiger partial charge < -0.3 is 15.5 Å². The molecule has 0 spiro atoms. The molecule has 0 atom stereocenters. The Balaban J connectivity index is 1.38. The summed E-state index contributed by atoms with van der Waals surface area (Å²) < 4.78 is 0. The van der Waals surface area contributed by atoms with E-state index in [1.54, 1.807) is 0 Å². The number of carbonyl (C=O) groups excluding carboxylic acids is 2. The molecule has 0 radical (unpaired) electrons. The van der Waals surface area contributed by atoms with Gasteiger partial charge in [0.1, 0.15) is 0 Å². The predicted octanol–water partition coefficient (Wildman–Crippen LogP) is 4.43. The van der Waals surface area contributed by atoms with Crippen LogP contribution in [0.15, 0.2) is 35.7 Å². The number of anilines is 1. The van der Waals surface area contributed by atoms with Gasteiger partial charge in [-0.3, -0.25) is 4.79 Å². The van der Waals surface area contributed by atoms with Gasteiger partial charge >= 0.3 is 6.03 Å². The van der Waals surface area contributed by atoms with E-state index in [1.165, 1.54) is 11.3 Å². The van der Waals surface area contributed by atoms with E-state index in [-0.39, 0.29) is 11.9 Å². The van der Waals surface area contributed by atoms with Gasteiger partial charge in [-0.25, -0.2) is 4.79 Å². The maximum atomic E-state index is 12.4. The third-order valence-electron chi connectivity index (χ3n) is 5.08. The molecule has 0 aliphatic carbocycles. The van der Waals surface area contributed by atoms with Crippen LogP contribution in [0.3, 0.4) is 0 Å². The predicted molar refractivity (Wildman–Crippen MR) is 111 cm³/mol. The molecule has 6 heteroatoms. The first kappa shape index (κ1) is 19.4. The van der Waals surface area contributed by atoms with Crippen molar-refractivity contribution in [3.63, 3.8) is 0 Å². The molecule has 1 fully saturated rings. The fraction of sp³-hybridized carbons (Fsp3) is 0.429. The van der Waals surface area contributed by atoms with Crippen LogP contribution in [-0.2, 0) is 0 Å². The van der Waals surface area contributed by atoms with E-state index in [2.05, 4.69) is 10.6 Å². The first-order valence-electron chi connectivity index (χ1n) is 9.48. The van der Waals surface area contributed by atoms with Crippen molar-refractivity contribution in [2.45, 2.75) is 33.1 Å². The van der Waals surface area contributed by atoms with Gasteiger partial charge in [0.2, 0.25) is 0 Å². The van der Waals surface area contributed by atoms with Gasteiger partial charge in [-0.1, -0.05) is 12.1 Å². The Morgan fingerprint density at radius 1 is 1.19 bits per heavy atom. The number of urea groups is 1. The van der Waals surface area contributed by atoms with Crippen LogP contribution in [0.25, 0.3) is 0 Å². The molecule has 3 amide bonds. The largest absolute Gasteiger partial charge is 0.351 e. The van der Waals surface area contributed by atoms with E-state index in [4.69, 9.17) is 0 Å². The number of aryl methyl sites for hydroxylation is 2. The second kappa shape index (κ2) is 9.04. The van der Waals surface area contributed by atoms with Gasteiger partial charge in [0, 0.05) is 25.3 Å². The fourth-order valence-electron chi connectivity index (χ4n) is 3.43. The van der Waals surface area contributed by atoms with Gasteiger partial charge in [0.25, 0.3) is 5.91 Å². The van der Waals surface area contributed by atoms with Crippen molar-refractivity contribution in [2.75, 3.05) is 25.0 Å². The van der Waals surface area contributed by atoms with Crippen LogP contribution in [-0.4, -0.2) is 36.5 Å². The lowest BCUT2D eigenvalue weighted by Gasteiger charge is -2.32. The normalized spacial score (nSPS) is 14.8. The van der Waals surface area contributed by atoms with E-state index in [0.29, 0.717) is 12.5 Å². The number of benzene rings is 1. The minimum absolute atomic E-state index is 0.0254. The summed E-state index contributed by atoms with van der Waals surface area (Å²) in [6.45, 7) is 6.19. The quantitative estimate of drug-likeness (QED) is 0.800. The van der Waals surface area contributed by atoms with E-state index >= 15 is 0 Å².